The minimum atomic E-state index is -1.43. The summed E-state index contributed by atoms with van der Waals surface area (Å²) >= 11 is 0. The van der Waals surface area contributed by atoms with Gasteiger partial charge in [-0.05, 0) is 74.5 Å². The molecule has 15 nitrogen and oxygen atoms in total. The molecule has 4 aliphatic rings. The number of nitrogens with zero attached hydrogens (tertiary/aromatic N) is 1. The molecule has 310 valence electrons. The molecule has 3 aliphatic carbocycles. The van der Waals surface area contributed by atoms with Gasteiger partial charge in [-0.25, -0.2) is 4.79 Å². The molecular weight excluding hydrogens is 710 g/mol. The maximum absolute atomic E-state index is 14.8. The third-order valence-corrected chi connectivity index (χ3v) is 12.1. The topological polar surface area (TPSA) is 210 Å². The normalized spacial score (nSPS) is 24.0. The van der Waals surface area contributed by atoms with Crippen molar-refractivity contribution in [1.82, 2.24) is 26.2 Å². The van der Waals surface area contributed by atoms with Crippen LogP contribution in [-0.2, 0) is 38.2 Å². The molecule has 5 amide bonds. The third kappa shape index (κ3) is 11.9. The van der Waals surface area contributed by atoms with Crippen LogP contribution in [0.1, 0.15) is 124 Å². The number of aliphatic hydroxyl groups excluding tert-OH is 1. The number of hydrogen-bond donors (Lipinski definition) is 5. The summed E-state index contributed by atoms with van der Waals surface area (Å²) in [6, 6.07) is -3.75. The number of alkyl carbamates (subject to hydrolysis) is 1. The number of hydrogen-bond acceptors (Lipinski definition) is 10. The van der Waals surface area contributed by atoms with Gasteiger partial charge in [0.25, 0.3) is 5.91 Å². The Kier molecular flexibility index (Phi) is 15.9. The molecule has 1 heterocycles. The summed E-state index contributed by atoms with van der Waals surface area (Å²) in [6.07, 6.45) is 6.82. The van der Waals surface area contributed by atoms with Gasteiger partial charge in [-0.3, -0.25) is 28.8 Å². The number of ketones is 1. The van der Waals surface area contributed by atoms with E-state index in [0.717, 1.165) is 64.2 Å². The highest BCUT2D eigenvalue weighted by atomic mass is 16.5. The van der Waals surface area contributed by atoms with E-state index in [2.05, 4.69) is 21.3 Å². The number of methoxy groups -OCH3 is 2. The number of nitrogens with one attached hydrogen (secondary N) is 4. The molecule has 0 bridgehead atoms. The molecule has 3 saturated carbocycles. The molecule has 55 heavy (non-hydrogen) atoms. The molecule has 0 radical (unpaired) electrons. The molecule has 2 unspecified atom stereocenters. The predicted octanol–water partition coefficient (Wildman–Crippen LogP) is 2.90. The van der Waals surface area contributed by atoms with Crippen LogP contribution in [0.4, 0.5) is 4.79 Å². The number of rotatable bonds is 18. The zero-order valence-corrected chi connectivity index (χ0v) is 33.7. The van der Waals surface area contributed by atoms with E-state index in [1.807, 2.05) is 27.7 Å². The van der Waals surface area contributed by atoms with Crippen LogP contribution >= 0.6 is 0 Å². The molecule has 4 fully saturated rings. The Balaban J connectivity index is 1.56. The van der Waals surface area contributed by atoms with Crippen molar-refractivity contribution in [1.29, 1.82) is 0 Å². The van der Waals surface area contributed by atoms with E-state index in [-0.39, 0.29) is 43.1 Å². The maximum atomic E-state index is 14.8. The molecule has 0 aromatic carbocycles. The van der Waals surface area contributed by atoms with Gasteiger partial charge in [0.2, 0.25) is 17.7 Å². The second-order valence-electron chi connectivity index (χ2n) is 17.2. The number of carbonyl (C=O) groups excluding carboxylic acids is 7. The first-order chi connectivity index (χ1) is 26.1. The standard InChI is InChI=1S/C40H65N5O10/c1-7-12-29(33(48)37(51)41-25-17-18-25)42-36(50)32-26-16-11-15-24(26)22-45(32)38(52)34(40(2,3)4)44-35(49)27(23-13-9-8-10-14-23)21-30(46)28(43-39(53)55-6)19-20-31(47)54-5/h23-29,32-34,48H,7-22H2,1-6H3,(H,41,51)(H,42,50)(H,43,53)(H,44,49)/t24?,26-,27-,28-,29-,32-,33?,34+/m0/s1. The summed E-state index contributed by atoms with van der Waals surface area (Å²) in [6.45, 7) is 7.79. The number of Topliss-reactive ketones (excluding diaryl/α,β-unsaturated/α-hetero) is 1. The number of fused-ring (bicyclic) bond motifs is 1. The van der Waals surface area contributed by atoms with Crippen molar-refractivity contribution in [2.24, 2.45) is 29.1 Å². The van der Waals surface area contributed by atoms with Gasteiger partial charge >= 0.3 is 12.1 Å². The summed E-state index contributed by atoms with van der Waals surface area (Å²) in [5, 5.41) is 22.3. The van der Waals surface area contributed by atoms with Crippen LogP contribution in [0, 0.1) is 29.1 Å². The average molecular weight is 776 g/mol. The maximum Gasteiger partial charge on any atom is 0.407 e. The molecule has 0 aromatic rings. The Hall–Kier alpha value is -3.75. The van der Waals surface area contributed by atoms with E-state index < -0.39 is 83.1 Å². The number of ether oxygens (including phenoxy) is 2. The van der Waals surface area contributed by atoms with Gasteiger partial charge in [0.1, 0.15) is 12.1 Å². The van der Waals surface area contributed by atoms with Gasteiger partial charge in [-0.2, -0.15) is 0 Å². The number of likely N-dealkylation sites (tertiary alicyclic amines) is 1. The lowest BCUT2D eigenvalue weighted by molar-refractivity contribution is -0.146. The lowest BCUT2D eigenvalue weighted by Crippen LogP contribution is -2.61. The van der Waals surface area contributed by atoms with Crippen molar-refractivity contribution in [3.63, 3.8) is 0 Å². The van der Waals surface area contributed by atoms with Crippen LogP contribution in [0.5, 0.6) is 0 Å². The van der Waals surface area contributed by atoms with E-state index in [1.54, 1.807) is 4.90 Å². The lowest BCUT2D eigenvalue weighted by Gasteiger charge is -2.38. The second kappa shape index (κ2) is 19.9. The minimum Gasteiger partial charge on any atom is -0.469 e. The van der Waals surface area contributed by atoms with E-state index >= 15 is 0 Å². The highest BCUT2D eigenvalue weighted by Crippen LogP contribution is 2.43. The van der Waals surface area contributed by atoms with Crippen molar-refractivity contribution in [3.8, 4) is 0 Å². The first kappa shape index (κ1) is 44.0. The Morgan fingerprint density at radius 1 is 0.818 bits per heavy atom. The zero-order valence-electron chi connectivity index (χ0n) is 33.7. The Morgan fingerprint density at radius 3 is 2.11 bits per heavy atom. The smallest absolute Gasteiger partial charge is 0.407 e. The van der Waals surface area contributed by atoms with E-state index in [9.17, 15) is 38.7 Å². The fourth-order valence-electron chi connectivity index (χ4n) is 8.77. The first-order valence-electron chi connectivity index (χ1n) is 20.4. The average Bonchev–Trinajstić information content (AvgIpc) is 3.72. The summed E-state index contributed by atoms with van der Waals surface area (Å²) in [7, 11) is 2.40. The highest BCUT2D eigenvalue weighted by molar-refractivity contribution is 5.96. The molecule has 4 rings (SSSR count). The number of esters is 1. The van der Waals surface area contributed by atoms with Crippen molar-refractivity contribution >= 4 is 41.5 Å². The number of carbonyl (C=O) groups is 7. The summed E-state index contributed by atoms with van der Waals surface area (Å²) in [5.74, 6) is -3.71. The van der Waals surface area contributed by atoms with Crippen molar-refractivity contribution in [3.05, 3.63) is 0 Å². The van der Waals surface area contributed by atoms with Crippen LogP contribution < -0.4 is 21.3 Å². The van der Waals surface area contributed by atoms with Gasteiger partial charge in [0.15, 0.2) is 11.9 Å². The van der Waals surface area contributed by atoms with Crippen LogP contribution in [0.25, 0.3) is 0 Å². The van der Waals surface area contributed by atoms with Crippen molar-refractivity contribution in [2.45, 2.75) is 160 Å². The Labute approximate surface area is 325 Å². The molecule has 0 spiro atoms. The lowest BCUT2D eigenvalue weighted by atomic mass is 9.76. The molecule has 8 atom stereocenters. The van der Waals surface area contributed by atoms with E-state index in [0.29, 0.717) is 19.4 Å². The predicted molar refractivity (Wildman–Crippen MR) is 202 cm³/mol. The first-order valence-corrected chi connectivity index (χ1v) is 20.4. The van der Waals surface area contributed by atoms with Crippen LogP contribution in [0.2, 0.25) is 0 Å². The van der Waals surface area contributed by atoms with Gasteiger partial charge in [0, 0.05) is 31.3 Å². The quantitative estimate of drug-likeness (QED) is 0.129. The van der Waals surface area contributed by atoms with E-state index in [1.165, 1.54) is 14.2 Å². The van der Waals surface area contributed by atoms with Gasteiger partial charge in [-0.1, -0.05) is 59.8 Å². The summed E-state index contributed by atoms with van der Waals surface area (Å²) < 4.78 is 9.45. The monoisotopic (exact) mass is 775 g/mol. The Morgan fingerprint density at radius 2 is 1.51 bits per heavy atom. The second-order valence-corrected chi connectivity index (χ2v) is 17.2. The van der Waals surface area contributed by atoms with E-state index in [4.69, 9.17) is 9.47 Å². The SMILES string of the molecule is CCC[C@H](NC(=O)[C@@H]1[C@H]2CCCC2CN1C(=O)[C@@H](NC(=O)[C@@H](CC(=O)[C@H](CCC(=O)OC)NC(=O)OC)C1CCCCC1)C(C)(C)C)C(O)C(=O)NC1CC1. The summed E-state index contributed by atoms with van der Waals surface area (Å²) in [5.41, 5.74) is -0.788. The summed E-state index contributed by atoms with van der Waals surface area (Å²) in [4.78, 5) is 95.7. The third-order valence-electron chi connectivity index (χ3n) is 12.1. The van der Waals surface area contributed by atoms with Crippen LogP contribution in [-0.4, -0.2) is 109 Å². The fraction of sp³-hybridized carbons (Fsp3) is 0.825. The van der Waals surface area contributed by atoms with Gasteiger partial charge in [-0.15, -0.1) is 0 Å². The molecule has 1 saturated heterocycles. The molecule has 5 N–H and O–H groups in total. The Bertz CT molecular complexity index is 1390. The van der Waals surface area contributed by atoms with Gasteiger partial charge < -0.3 is 40.7 Å². The van der Waals surface area contributed by atoms with Crippen molar-refractivity contribution < 1.29 is 48.1 Å². The minimum absolute atomic E-state index is 0.0369. The molecule has 15 heteroatoms. The zero-order chi connectivity index (χ0) is 40.4. The molecular formula is C40H65N5O10. The van der Waals surface area contributed by atoms with Crippen LogP contribution in [0.3, 0.4) is 0 Å². The number of aliphatic hydroxyl groups is 1. The largest absolute Gasteiger partial charge is 0.469 e. The highest BCUT2D eigenvalue weighted by Gasteiger charge is 2.52. The van der Waals surface area contributed by atoms with Gasteiger partial charge in [0.05, 0.1) is 26.3 Å². The van der Waals surface area contributed by atoms with Crippen LogP contribution in [0.15, 0.2) is 0 Å². The molecule has 0 aromatic heterocycles. The van der Waals surface area contributed by atoms with Crippen molar-refractivity contribution in [2.75, 3.05) is 20.8 Å². The number of amides is 5. The fourth-order valence-corrected chi connectivity index (χ4v) is 8.77. The molecule has 1 aliphatic heterocycles.